The van der Waals surface area contributed by atoms with Crippen molar-refractivity contribution in [2.75, 3.05) is 0 Å². The zero-order valence-corrected chi connectivity index (χ0v) is 18.0. The van der Waals surface area contributed by atoms with Gasteiger partial charge in [-0.1, -0.05) is 60.7 Å². The molecule has 0 aliphatic heterocycles. The smallest absolute Gasteiger partial charge is 0.246 e. The Morgan fingerprint density at radius 2 is 1.12 bits per heavy atom. The van der Waals surface area contributed by atoms with Crippen LogP contribution in [0.4, 0.5) is 0 Å². The Morgan fingerprint density at radius 3 is 1.53 bits per heavy atom. The summed E-state index contributed by atoms with van der Waals surface area (Å²) in [6, 6.07) is 19.4. The van der Waals surface area contributed by atoms with Crippen LogP contribution in [0.1, 0.15) is 49.7 Å². The van der Waals surface area contributed by atoms with Gasteiger partial charge in [0, 0.05) is 0 Å². The molecule has 0 aromatic heterocycles. The lowest BCUT2D eigenvalue weighted by Crippen LogP contribution is -2.60. The number of nitrogens with one attached hydrogen (secondary N) is 2. The van der Waals surface area contributed by atoms with Gasteiger partial charge in [0.25, 0.3) is 0 Å². The number of hydrogen-bond acceptors (Lipinski definition) is 4. The van der Waals surface area contributed by atoms with Crippen LogP contribution in [0.15, 0.2) is 70.9 Å². The summed E-state index contributed by atoms with van der Waals surface area (Å²) in [5.74, 6) is 0.709. The van der Waals surface area contributed by atoms with E-state index in [2.05, 4.69) is 21.1 Å². The second kappa shape index (κ2) is 8.34. The molecule has 2 N–H and O–H groups in total. The summed E-state index contributed by atoms with van der Waals surface area (Å²) in [5, 5.41) is 8.40. The highest BCUT2D eigenvalue weighted by molar-refractivity contribution is 5.89. The van der Waals surface area contributed by atoms with E-state index in [4.69, 9.17) is 0 Å². The van der Waals surface area contributed by atoms with E-state index in [0.29, 0.717) is 18.3 Å². The minimum absolute atomic E-state index is 0.0521. The average molecular weight is 429 g/mol. The van der Waals surface area contributed by atoms with E-state index in [0.717, 1.165) is 43.2 Å². The van der Waals surface area contributed by atoms with Crippen molar-refractivity contribution in [1.29, 1.82) is 0 Å². The predicted molar refractivity (Wildman–Crippen MR) is 124 cm³/mol. The standard InChI is InChI=1S/C26H28N4O2/c31-23(29-27-16-19-7-3-1-4-8-19)25-12-21-11-22(13-25)15-26(14-21,18-25)24(32)30-28-17-20-9-5-2-6-10-20/h1-10,16-17,21-22H,11-15,18H2,(H,29,31)(H,30,32)/b27-16+,28-17+. The lowest BCUT2D eigenvalue weighted by atomic mass is 9.43. The van der Waals surface area contributed by atoms with Crippen LogP contribution < -0.4 is 10.9 Å². The van der Waals surface area contributed by atoms with E-state index in [1.807, 2.05) is 60.7 Å². The maximum absolute atomic E-state index is 13.3. The molecule has 4 aliphatic rings. The van der Waals surface area contributed by atoms with Gasteiger partial charge in [-0.3, -0.25) is 9.59 Å². The van der Waals surface area contributed by atoms with Gasteiger partial charge in [-0.25, -0.2) is 10.9 Å². The number of rotatable bonds is 6. The maximum Gasteiger partial charge on any atom is 0.246 e. The quantitative estimate of drug-likeness (QED) is 0.541. The highest BCUT2D eigenvalue weighted by Crippen LogP contribution is 2.65. The van der Waals surface area contributed by atoms with Crippen LogP contribution in [0, 0.1) is 22.7 Å². The molecule has 6 heteroatoms. The number of nitrogens with zero attached hydrogens (tertiary/aromatic N) is 2. The average Bonchev–Trinajstić information content (AvgIpc) is 2.79. The fraction of sp³-hybridized carbons (Fsp3) is 0.385. The summed E-state index contributed by atoms with van der Waals surface area (Å²) in [6.45, 7) is 0. The number of amides is 2. The van der Waals surface area contributed by atoms with Crippen molar-refractivity contribution in [3.63, 3.8) is 0 Å². The van der Waals surface area contributed by atoms with E-state index in [9.17, 15) is 9.59 Å². The second-order valence-corrected chi connectivity index (χ2v) is 9.74. The molecule has 6 nitrogen and oxygen atoms in total. The van der Waals surface area contributed by atoms with E-state index in [1.54, 1.807) is 12.4 Å². The fourth-order valence-electron chi connectivity index (χ4n) is 6.44. The van der Waals surface area contributed by atoms with Crippen molar-refractivity contribution >= 4 is 24.2 Å². The van der Waals surface area contributed by atoms with E-state index < -0.39 is 10.8 Å². The number of benzene rings is 2. The van der Waals surface area contributed by atoms with Gasteiger partial charge in [0.2, 0.25) is 11.8 Å². The third-order valence-electron chi connectivity index (χ3n) is 7.38. The van der Waals surface area contributed by atoms with Gasteiger partial charge in [-0.2, -0.15) is 10.2 Å². The molecule has 0 radical (unpaired) electrons. The Bertz CT molecular complexity index is 953. The molecule has 164 valence electrons. The Hall–Kier alpha value is -3.28. The largest absolute Gasteiger partial charge is 0.273 e. The van der Waals surface area contributed by atoms with Gasteiger partial charge in [-0.15, -0.1) is 0 Å². The summed E-state index contributed by atoms with van der Waals surface area (Å²) in [5.41, 5.74) is 6.40. The molecule has 2 amide bonds. The van der Waals surface area contributed by atoms with Crippen molar-refractivity contribution in [1.82, 2.24) is 10.9 Å². The number of hydrazone groups is 2. The number of carbonyl (C=O) groups is 2. The van der Waals surface area contributed by atoms with Crippen molar-refractivity contribution in [3.05, 3.63) is 71.8 Å². The van der Waals surface area contributed by atoms with Gasteiger partial charge >= 0.3 is 0 Å². The van der Waals surface area contributed by atoms with Crippen LogP contribution in [-0.2, 0) is 9.59 Å². The van der Waals surface area contributed by atoms with Gasteiger partial charge in [0.15, 0.2) is 0 Å². The van der Waals surface area contributed by atoms with Crippen LogP contribution in [-0.4, -0.2) is 24.2 Å². The van der Waals surface area contributed by atoms with Crippen molar-refractivity contribution in [2.24, 2.45) is 32.9 Å². The molecular weight excluding hydrogens is 400 g/mol. The molecule has 4 saturated carbocycles. The monoisotopic (exact) mass is 428 g/mol. The van der Waals surface area contributed by atoms with Crippen LogP contribution in [0.5, 0.6) is 0 Å². The summed E-state index contributed by atoms with van der Waals surface area (Å²) in [4.78, 5) is 26.5. The highest BCUT2D eigenvalue weighted by Gasteiger charge is 2.63. The third kappa shape index (κ3) is 3.97. The molecule has 0 heterocycles. The van der Waals surface area contributed by atoms with E-state index in [-0.39, 0.29) is 11.8 Å². The normalized spacial score (nSPS) is 30.6. The van der Waals surface area contributed by atoms with Crippen molar-refractivity contribution in [2.45, 2.75) is 38.5 Å². The second-order valence-electron chi connectivity index (χ2n) is 9.74. The number of carbonyl (C=O) groups excluding carboxylic acids is 2. The van der Waals surface area contributed by atoms with Crippen molar-refractivity contribution in [3.8, 4) is 0 Å². The van der Waals surface area contributed by atoms with Crippen LogP contribution in [0.2, 0.25) is 0 Å². The van der Waals surface area contributed by atoms with Crippen LogP contribution in [0.25, 0.3) is 0 Å². The Labute approximate surface area is 188 Å². The zero-order chi connectivity index (χ0) is 22.0. The Kier molecular flexibility index (Phi) is 5.37. The molecule has 32 heavy (non-hydrogen) atoms. The van der Waals surface area contributed by atoms with E-state index in [1.165, 1.54) is 0 Å². The van der Waals surface area contributed by atoms with Gasteiger partial charge < -0.3 is 0 Å². The van der Waals surface area contributed by atoms with Gasteiger partial charge in [0.1, 0.15) is 0 Å². The first-order valence-corrected chi connectivity index (χ1v) is 11.3. The van der Waals surface area contributed by atoms with Crippen LogP contribution in [0.3, 0.4) is 0 Å². The summed E-state index contributed by atoms with van der Waals surface area (Å²) < 4.78 is 0. The van der Waals surface area contributed by atoms with Crippen LogP contribution >= 0.6 is 0 Å². The molecule has 4 fully saturated rings. The molecule has 0 saturated heterocycles. The molecule has 0 atom stereocenters. The molecule has 0 spiro atoms. The predicted octanol–water partition coefficient (Wildman–Crippen LogP) is 3.87. The molecular formula is C26H28N4O2. The maximum atomic E-state index is 13.3. The first kappa shape index (κ1) is 20.6. The molecule has 0 unspecified atom stereocenters. The first-order valence-electron chi connectivity index (χ1n) is 11.3. The lowest BCUT2D eigenvalue weighted by Gasteiger charge is -2.60. The molecule has 4 bridgehead atoms. The summed E-state index contributed by atoms with van der Waals surface area (Å²) in [6.07, 6.45) is 8.41. The van der Waals surface area contributed by atoms with Gasteiger partial charge in [0.05, 0.1) is 23.3 Å². The third-order valence-corrected chi connectivity index (χ3v) is 7.38. The molecule has 6 rings (SSSR count). The molecule has 2 aromatic carbocycles. The minimum Gasteiger partial charge on any atom is -0.273 e. The number of hydrogen-bond donors (Lipinski definition) is 2. The first-order chi connectivity index (χ1) is 15.6. The lowest BCUT2D eigenvalue weighted by molar-refractivity contribution is -0.167. The van der Waals surface area contributed by atoms with Crippen molar-refractivity contribution < 1.29 is 9.59 Å². The Morgan fingerprint density at radius 1 is 0.719 bits per heavy atom. The fourth-order valence-corrected chi connectivity index (χ4v) is 6.44. The topological polar surface area (TPSA) is 82.9 Å². The minimum atomic E-state index is -0.515. The molecule has 4 aliphatic carbocycles. The highest BCUT2D eigenvalue weighted by atomic mass is 16.2. The zero-order valence-electron chi connectivity index (χ0n) is 18.0. The summed E-state index contributed by atoms with van der Waals surface area (Å²) >= 11 is 0. The summed E-state index contributed by atoms with van der Waals surface area (Å²) in [7, 11) is 0. The molecule has 2 aromatic rings. The SMILES string of the molecule is O=C(N/N=C/c1ccccc1)C12CC3CC(C1)CC(C(=O)N/N=C/c1ccccc1)(C3)C2. The van der Waals surface area contributed by atoms with Gasteiger partial charge in [-0.05, 0) is 61.5 Å². The van der Waals surface area contributed by atoms with E-state index >= 15 is 0 Å². The Balaban J connectivity index is 1.29.